The molecular weight excluding hydrogens is 230 g/mol. The number of rotatable bonds is 7. The van der Waals surface area contributed by atoms with E-state index < -0.39 is 11.0 Å². The van der Waals surface area contributed by atoms with Gasteiger partial charge in [0.1, 0.15) is 0 Å². The fourth-order valence-corrected chi connectivity index (χ4v) is 2.76. The molecule has 0 N–H and O–H groups in total. The van der Waals surface area contributed by atoms with Crippen molar-refractivity contribution < 1.29 is 4.21 Å². The molecule has 1 atom stereocenters. The second-order valence-electron chi connectivity index (χ2n) is 3.80. The molecule has 1 aliphatic rings. The molecule has 0 amide bonds. The Balaban J connectivity index is 2.09. The van der Waals surface area contributed by atoms with Crippen LogP contribution in [-0.2, 0) is 11.0 Å². The first-order valence-corrected chi connectivity index (χ1v) is 7.14. The zero-order valence-corrected chi connectivity index (χ0v) is 10.7. The van der Waals surface area contributed by atoms with Crippen LogP contribution in [0.4, 0.5) is 0 Å². The number of hydrogen-bond donors (Lipinski definition) is 0. The van der Waals surface area contributed by atoms with Gasteiger partial charge in [0, 0.05) is 5.41 Å². The fourth-order valence-electron chi connectivity index (χ4n) is 1.57. The monoisotopic (exact) mass is 247 g/mol. The van der Waals surface area contributed by atoms with Crippen LogP contribution in [0.3, 0.4) is 0 Å². The van der Waals surface area contributed by atoms with Gasteiger partial charge in [-0.15, -0.1) is 0 Å². The lowest BCUT2D eigenvalue weighted by molar-refractivity contribution is 0.616. The Kier molecular flexibility index (Phi) is 6.18. The molecule has 1 aliphatic heterocycles. The molecule has 86 valence electrons. The van der Waals surface area contributed by atoms with Crippen LogP contribution in [0.5, 0.6) is 0 Å². The maximum absolute atomic E-state index is 11.0. The fraction of sp³-hybridized carbons (Fsp3) is 0.727. The van der Waals surface area contributed by atoms with Gasteiger partial charge in [0.25, 0.3) is 0 Å². The van der Waals surface area contributed by atoms with E-state index in [1.807, 2.05) is 0 Å². The first-order chi connectivity index (χ1) is 7.24. The van der Waals surface area contributed by atoms with E-state index in [-0.39, 0.29) is 0 Å². The van der Waals surface area contributed by atoms with Gasteiger partial charge in [-0.2, -0.15) is 4.40 Å². The summed E-state index contributed by atoms with van der Waals surface area (Å²) in [6.07, 6.45) is 8.39. The zero-order valence-electron chi connectivity index (χ0n) is 9.17. The van der Waals surface area contributed by atoms with Crippen molar-refractivity contribution in [2.24, 2.45) is 4.40 Å². The summed E-state index contributed by atoms with van der Waals surface area (Å²) in [5.41, 5.74) is 0.825. The molecule has 1 heterocycles. The summed E-state index contributed by atoms with van der Waals surface area (Å²) in [6.45, 7) is 2.22. The normalized spacial score (nSPS) is 20.3. The van der Waals surface area contributed by atoms with Crippen LogP contribution in [0.25, 0.3) is 0 Å². The van der Waals surface area contributed by atoms with Crippen LogP contribution < -0.4 is 0 Å². The number of halogens is 1. The van der Waals surface area contributed by atoms with Crippen LogP contribution in [0.1, 0.15) is 51.9 Å². The largest absolute Gasteiger partial charge is 0.230 e. The van der Waals surface area contributed by atoms with Crippen LogP contribution >= 0.6 is 11.6 Å². The van der Waals surface area contributed by atoms with E-state index in [0.717, 1.165) is 18.6 Å². The molecule has 4 heteroatoms. The van der Waals surface area contributed by atoms with E-state index in [1.54, 1.807) is 0 Å². The molecule has 1 rings (SSSR count). The number of nitrogens with zero attached hydrogens (tertiary/aromatic N) is 1. The highest BCUT2D eigenvalue weighted by atomic mass is 35.5. The lowest BCUT2D eigenvalue weighted by Gasteiger charge is -2.00. The van der Waals surface area contributed by atoms with Crippen LogP contribution in [0.15, 0.2) is 14.8 Å². The second-order valence-corrected chi connectivity index (χ2v) is 5.18. The molecule has 0 saturated heterocycles. The summed E-state index contributed by atoms with van der Waals surface area (Å²) >= 11 is 5.87. The Morgan fingerprint density at radius 3 is 2.53 bits per heavy atom. The second kappa shape index (κ2) is 7.18. The van der Waals surface area contributed by atoms with Gasteiger partial charge in [0.05, 0.1) is 10.7 Å². The third-order valence-corrected chi connectivity index (χ3v) is 3.74. The summed E-state index contributed by atoms with van der Waals surface area (Å²) in [7, 11) is -1.20. The highest BCUT2D eigenvalue weighted by Crippen LogP contribution is 2.19. The van der Waals surface area contributed by atoms with E-state index in [0.29, 0.717) is 5.03 Å². The van der Waals surface area contributed by atoms with Gasteiger partial charge in [-0.25, -0.2) is 4.21 Å². The molecular formula is C11H18ClNOS. The zero-order chi connectivity index (χ0) is 11.1. The average Bonchev–Trinajstić information content (AvgIpc) is 2.51. The SMILES string of the molecule is CCCCCCCCC1=NS(=O)C=C1Cl. The van der Waals surface area contributed by atoms with Gasteiger partial charge in [-0.3, -0.25) is 0 Å². The van der Waals surface area contributed by atoms with Crippen molar-refractivity contribution >= 4 is 28.3 Å². The van der Waals surface area contributed by atoms with Gasteiger partial charge in [0.2, 0.25) is 0 Å². The predicted molar refractivity (Wildman–Crippen MR) is 67.5 cm³/mol. The number of hydrogen-bond acceptors (Lipinski definition) is 1. The maximum Gasteiger partial charge on any atom is 0.166 e. The predicted octanol–water partition coefficient (Wildman–Crippen LogP) is 3.94. The topological polar surface area (TPSA) is 29.4 Å². The van der Waals surface area contributed by atoms with E-state index in [2.05, 4.69) is 11.3 Å². The first kappa shape index (κ1) is 12.9. The minimum absolute atomic E-state index is 0.585. The lowest BCUT2D eigenvalue weighted by atomic mass is 10.1. The molecule has 0 fully saturated rings. The minimum Gasteiger partial charge on any atom is -0.230 e. The average molecular weight is 248 g/mol. The smallest absolute Gasteiger partial charge is 0.166 e. The molecule has 2 nitrogen and oxygen atoms in total. The highest BCUT2D eigenvalue weighted by molar-refractivity contribution is 7.87. The highest BCUT2D eigenvalue weighted by Gasteiger charge is 2.13. The Labute approximate surface area is 99.4 Å². The molecule has 1 unspecified atom stereocenters. The van der Waals surface area contributed by atoms with Gasteiger partial charge in [-0.1, -0.05) is 50.6 Å². The Bertz CT molecular complexity index is 286. The van der Waals surface area contributed by atoms with Crippen molar-refractivity contribution in [3.05, 3.63) is 10.4 Å². The van der Waals surface area contributed by atoms with E-state index in [4.69, 9.17) is 11.6 Å². The molecule has 15 heavy (non-hydrogen) atoms. The van der Waals surface area contributed by atoms with E-state index >= 15 is 0 Å². The maximum atomic E-state index is 11.0. The first-order valence-electron chi connectivity index (χ1n) is 5.60. The molecule has 0 aliphatic carbocycles. The van der Waals surface area contributed by atoms with Gasteiger partial charge >= 0.3 is 0 Å². The van der Waals surface area contributed by atoms with Crippen LogP contribution in [-0.4, -0.2) is 9.92 Å². The quantitative estimate of drug-likeness (QED) is 0.627. The standard InChI is InChI=1S/C11H18ClNOS/c1-2-3-4-5-6-7-8-11-10(12)9-15(14)13-11/h9H,2-8H2,1H3. The summed E-state index contributed by atoms with van der Waals surface area (Å²) < 4.78 is 15.0. The van der Waals surface area contributed by atoms with Crippen molar-refractivity contribution in [1.82, 2.24) is 0 Å². The van der Waals surface area contributed by atoms with Crippen molar-refractivity contribution in [2.45, 2.75) is 51.9 Å². The summed E-state index contributed by atoms with van der Waals surface area (Å²) in [5, 5.41) is 2.09. The van der Waals surface area contributed by atoms with Crippen LogP contribution in [0.2, 0.25) is 0 Å². The van der Waals surface area contributed by atoms with E-state index in [1.165, 1.54) is 37.5 Å². The van der Waals surface area contributed by atoms with E-state index in [9.17, 15) is 4.21 Å². The molecule has 0 spiro atoms. The molecule has 0 aromatic carbocycles. The third-order valence-electron chi connectivity index (χ3n) is 2.45. The van der Waals surface area contributed by atoms with Crippen molar-refractivity contribution in [1.29, 1.82) is 0 Å². The van der Waals surface area contributed by atoms with Crippen LogP contribution in [0, 0.1) is 0 Å². The lowest BCUT2D eigenvalue weighted by Crippen LogP contribution is -1.94. The molecule has 0 aromatic rings. The summed E-state index contributed by atoms with van der Waals surface area (Å²) in [6, 6.07) is 0. The Morgan fingerprint density at radius 2 is 1.93 bits per heavy atom. The summed E-state index contributed by atoms with van der Waals surface area (Å²) in [5.74, 6) is 0. The minimum atomic E-state index is -1.20. The molecule has 0 bridgehead atoms. The van der Waals surface area contributed by atoms with Crippen molar-refractivity contribution in [3.8, 4) is 0 Å². The number of unbranched alkanes of at least 4 members (excludes halogenated alkanes) is 5. The summed E-state index contributed by atoms with van der Waals surface area (Å²) in [4.78, 5) is 0. The molecule has 0 saturated carbocycles. The van der Waals surface area contributed by atoms with Gasteiger partial charge < -0.3 is 0 Å². The van der Waals surface area contributed by atoms with Crippen molar-refractivity contribution in [2.75, 3.05) is 0 Å². The van der Waals surface area contributed by atoms with Crippen molar-refractivity contribution in [3.63, 3.8) is 0 Å². The Morgan fingerprint density at radius 1 is 1.27 bits per heavy atom. The molecule has 0 aromatic heterocycles. The van der Waals surface area contributed by atoms with Gasteiger partial charge in [0.15, 0.2) is 11.0 Å². The Hall–Kier alpha value is -0.150. The number of allylic oxidation sites excluding steroid dienone is 1. The van der Waals surface area contributed by atoms with Gasteiger partial charge in [-0.05, 0) is 12.8 Å². The molecule has 0 radical (unpaired) electrons. The third kappa shape index (κ3) is 4.94.